The van der Waals surface area contributed by atoms with Crippen molar-refractivity contribution < 1.29 is 8.42 Å². The van der Waals surface area contributed by atoms with Gasteiger partial charge in [0.05, 0.1) is 11.8 Å². The SMILES string of the molecule is [CH2+]C(C)c1cccc(S(=O)(=O)Cl)c1. The van der Waals surface area contributed by atoms with E-state index in [1.165, 1.54) is 6.07 Å². The molecule has 0 aromatic heterocycles. The molecule has 1 rings (SSSR count). The first-order valence-electron chi connectivity index (χ1n) is 3.79. The van der Waals surface area contributed by atoms with Crippen LogP contribution in [0.3, 0.4) is 0 Å². The molecule has 0 spiro atoms. The Morgan fingerprint density at radius 3 is 2.54 bits per heavy atom. The van der Waals surface area contributed by atoms with Gasteiger partial charge in [-0.25, -0.2) is 8.42 Å². The van der Waals surface area contributed by atoms with Gasteiger partial charge in [0, 0.05) is 16.2 Å². The molecule has 1 aromatic carbocycles. The molecule has 0 saturated heterocycles. The summed E-state index contributed by atoms with van der Waals surface area (Å²) >= 11 is 0. The third kappa shape index (κ3) is 2.64. The fourth-order valence-corrected chi connectivity index (χ4v) is 1.78. The van der Waals surface area contributed by atoms with Crippen molar-refractivity contribution in [1.29, 1.82) is 0 Å². The molecule has 0 heterocycles. The topological polar surface area (TPSA) is 34.1 Å². The zero-order valence-corrected chi connectivity index (χ0v) is 8.77. The van der Waals surface area contributed by atoms with Crippen molar-refractivity contribution in [2.45, 2.75) is 17.7 Å². The van der Waals surface area contributed by atoms with Gasteiger partial charge in [-0.05, 0) is 19.1 Å². The third-order valence-corrected chi connectivity index (χ3v) is 3.06. The number of benzene rings is 1. The van der Waals surface area contributed by atoms with Gasteiger partial charge in [-0.3, -0.25) is 0 Å². The van der Waals surface area contributed by atoms with E-state index in [0.717, 1.165) is 5.56 Å². The van der Waals surface area contributed by atoms with Gasteiger partial charge in [0.2, 0.25) is 0 Å². The molecule has 13 heavy (non-hydrogen) atoms. The largest absolute Gasteiger partial charge is 0.261 e. The number of hydrogen-bond acceptors (Lipinski definition) is 2. The molecule has 1 unspecified atom stereocenters. The first-order valence-corrected chi connectivity index (χ1v) is 6.10. The van der Waals surface area contributed by atoms with Crippen LogP contribution in [-0.4, -0.2) is 8.42 Å². The quantitative estimate of drug-likeness (QED) is 0.564. The second kappa shape index (κ2) is 3.60. The molecule has 0 aliphatic carbocycles. The van der Waals surface area contributed by atoms with Crippen molar-refractivity contribution in [1.82, 2.24) is 0 Å². The third-order valence-electron chi connectivity index (χ3n) is 1.71. The molecule has 0 N–H and O–H groups in total. The molecule has 2 nitrogen and oxygen atoms in total. The van der Waals surface area contributed by atoms with Gasteiger partial charge in [0.15, 0.2) is 0 Å². The smallest absolute Gasteiger partial charge is 0.207 e. The van der Waals surface area contributed by atoms with Crippen LogP contribution in [-0.2, 0) is 9.05 Å². The van der Waals surface area contributed by atoms with Gasteiger partial charge in [-0.1, -0.05) is 12.1 Å². The van der Waals surface area contributed by atoms with E-state index in [0.29, 0.717) is 0 Å². The standard InChI is InChI=1S/C9H10ClO2S/c1-7(2)8-4-3-5-9(6-8)13(10,11)12/h3-7H,1H2,2H3/q+1. The van der Waals surface area contributed by atoms with E-state index in [-0.39, 0.29) is 10.8 Å². The molecule has 1 aromatic rings. The number of halogens is 1. The van der Waals surface area contributed by atoms with Gasteiger partial charge in [-0.2, -0.15) is 0 Å². The van der Waals surface area contributed by atoms with Gasteiger partial charge < -0.3 is 0 Å². The minimum absolute atomic E-state index is 0.0540. The molecule has 0 radical (unpaired) electrons. The highest BCUT2D eigenvalue weighted by atomic mass is 35.7. The maximum absolute atomic E-state index is 11.0. The van der Waals surface area contributed by atoms with Gasteiger partial charge in [0.1, 0.15) is 5.92 Å². The molecular weight excluding hydrogens is 208 g/mol. The minimum atomic E-state index is -3.61. The lowest BCUT2D eigenvalue weighted by Crippen LogP contribution is -1.93. The maximum Gasteiger partial charge on any atom is 0.261 e. The summed E-state index contributed by atoms with van der Waals surface area (Å²) in [5.41, 5.74) is 0.863. The highest BCUT2D eigenvalue weighted by molar-refractivity contribution is 8.13. The van der Waals surface area contributed by atoms with E-state index in [1.807, 2.05) is 13.0 Å². The summed E-state index contributed by atoms with van der Waals surface area (Å²) in [7, 11) is 1.57. The average Bonchev–Trinajstić information content (AvgIpc) is 2.03. The Morgan fingerprint density at radius 1 is 1.46 bits per heavy atom. The summed E-state index contributed by atoms with van der Waals surface area (Å²) in [6, 6.07) is 6.49. The van der Waals surface area contributed by atoms with Crippen molar-refractivity contribution in [3.05, 3.63) is 36.8 Å². The van der Waals surface area contributed by atoms with E-state index >= 15 is 0 Å². The summed E-state index contributed by atoms with van der Waals surface area (Å²) in [5, 5.41) is 0. The van der Waals surface area contributed by atoms with Crippen LogP contribution in [0.4, 0.5) is 0 Å². The molecule has 0 fully saturated rings. The van der Waals surface area contributed by atoms with E-state index in [2.05, 4.69) is 6.92 Å². The predicted octanol–water partition coefficient (Wildman–Crippen LogP) is 2.55. The molecule has 70 valence electrons. The Hall–Kier alpha value is -0.670. The van der Waals surface area contributed by atoms with Crippen LogP contribution < -0.4 is 0 Å². The van der Waals surface area contributed by atoms with Gasteiger partial charge in [-0.15, -0.1) is 0 Å². The van der Waals surface area contributed by atoms with Crippen LogP contribution in [0.15, 0.2) is 29.2 Å². The predicted molar refractivity (Wildman–Crippen MR) is 53.3 cm³/mol. The Kier molecular flexibility index (Phi) is 2.88. The van der Waals surface area contributed by atoms with E-state index in [1.54, 1.807) is 12.1 Å². The highest BCUT2D eigenvalue weighted by Gasteiger charge is 2.12. The zero-order valence-electron chi connectivity index (χ0n) is 7.20. The van der Waals surface area contributed by atoms with Crippen LogP contribution in [0.25, 0.3) is 0 Å². The highest BCUT2D eigenvalue weighted by Crippen LogP contribution is 2.20. The van der Waals surface area contributed by atoms with Crippen LogP contribution >= 0.6 is 10.7 Å². The molecule has 0 bridgehead atoms. The second-order valence-electron chi connectivity index (χ2n) is 2.91. The maximum atomic E-state index is 11.0. The van der Waals surface area contributed by atoms with Crippen molar-refractivity contribution >= 4 is 19.7 Å². The van der Waals surface area contributed by atoms with E-state index in [9.17, 15) is 8.42 Å². The lowest BCUT2D eigenvalue weighted by Gasteiger charge is -2.01. The lowest BCUT2D eigenvalue weighted by atomic mass is 10.0. The first kappa shape index (κ1) is 10.4. The molecule has 1 atom stereocenters. The summed E-state index contributed by atoms with van der Waals surface area (Å²) in [5.74, 6) is 0.0540. The Labute approximate surface area is 83.0 Å². The lowest BCUT2D eigenvalue weighted by molar-refractivity contribution is 0.609. The fourth-order valence-electron chi connectivity index (χ4n) is 0.973. The van der Waals surface area contributed by atoms with E-state index in [4.69, 9.17) is 10.7 Å². The summed E-state index contributed by atoms with van der Waals surface area (Å²) in [6.07, 6.45) is 0. The number of hydrogen-bond donors (Lipinski definition) is 0. The molecule has 0 aliphatic rings. The van der Waals surface area contributed by atoms with Crippen LogP contribution in [0, 0.1) is 6.92 Å². The van der Waals surface area contributed by atoms with Gasteiger partial charge in [0.25, 0.3) is 9.05 Å². The molecule has 0 amide bonds. The van der Waals surface area contributed by atoms with Crippen LogP contribution in [0.1, 0.15) is 18.4 Å². The molecule has 0 aliphatic heterocycles. The Bertz CT molecular complexity index is 396. The van der Waals surface area contributed by atoms with Gasteiger partial charge >= 0.3 is 0 Å². The average molecular weight is 218 g/mol. The Morgan fingerprint density at radius 2 is 2.08 bits per heavy atom. The monoisotopic (exact) mass is 217 g/mol. The molecule has 0 saturated carbocycles. The van der Waals surface area contributed by atoms with E-state index < -0.39 is 9.05 Å². The molecular formula is C9H10ClO2S+. The van der Waals surface area contributed by atoms with Crippen LogP contribution in [0.5, 0.6) is 0 Å². The van der Waals surface area contributed by atoms with Crippen molar-refractivity contribution in [2.75, 3.05) is 0 Å². The zero-order chi connectivity index (χ0) is 10.1. The summed E-state index contributed by atoms with van der Waals surface area (Å²) in [6.45, 7) is 5.68. The van der Waals surface area contributed by atoms with Crippen molar-refractivity contribution in [3.8, 4) is 0 Å². The summed E-state index contributed by atoms with van der Waals surface area (Å²) in [4.78, 5) is 0.127. The second-order valence-corrected chi connectivity index (χ2v) is 5.48. The number of rotatable bonds is 2. The fraction of sp³-hybridized carbons (Fsp3) is 0.222. The molecule has 4 heteroatoms. The first-order chi connectivity index (χ1) is 5.91. The normalized spacial score (nSPS) is 14.0. The van der Waals surface area contributed by atoms with Crippen molar-refractivity contribution in [3.63, 3.8) is 0 Å². The Balaban J connectivity index is 3.21. The minimum Gasteiger partial charge on any atom is -0.207 e. The summed E-state index contributed by atoms with van der Waals surface area (Å²) < 4.78 is 21.9. The van der Waals surface area contributed by atoms with Crippen LogP contribution in [0.2, 0.25) is 0 Å². The van der Waals surface area contributed by atoms with Crippen molar-refractivity contribution in [2.24, 2.45) is 0 Å².